The molecule has 0 unspecified atom stereocenters. The van der Waals surface area contributed by atoms with Crippen molar-refractivity contribution in [1.29, 1.82) is 0 Å². The second-order valence-electron chi connectivity index (χ2n) is 6.86. The lowest BCUT2D eigenvalue weighted by Crippen LogP contribution is -2.57. The minimum absolute atomic E-state index is 0.0402. The van der Waals surface area contributed by atoms with Gasteiger partial charge in [0, 0.05) is 25.9 Å². The van der Waals surface area contributed by atoms with E-state index in [-0.39, 0.29) is 37.6 Å². The van der Waals surface area contributed by atoms with Crippen molar-refractivity contribution in [2.75, 3.05) is 13.1 Å². The molecule has 3 rings (SSSR count). The quantitative estimate of drug-likeness (QED) is 0.866. The van der Waals surface area contributed by atoms with E-state index in [4.69, 9.17) is 4.74 Å². The lowest BCUT2D eigenvalue weighted by molar-refractivity contribution is -0.166. The largest absolute Gasteiger partial charge is 0.478 e. The van der Waals surface area contributed by atoms with Crippen molar-refractivity contribution in [1.82, 2.24) is 4.90 Å². The second-order valence-corrected chi connectivity index (χ2v) is 6.86. The number of carboxylic acids is 1. The molecule has 0 aromatic heterocycles. The number of halogens is 1. The highest BCUT2D eigenvalue weighted by Crippen LogP contribution is 2.35. The molecule has 0 spiro atoms. The molecule has 1 aromatic rings. The summed E-state index contributed by atoms with van der Waals surface area (Å²) in [5.74, 6) is -2.25. The predicted octanol–water partition coefficient (Wildman–Crippen LogP) is 1.96. The first-order valence-corrected chi connectivity index (χ1v) is 8.55. The van der Waals surface area contributed by atoms with E-state index in [2.05, 4.69) is 0 Å². The van der Waals surface area contributed by atoms with Gasteiger partial charge in [0.15, 0.2) is 11.6 Å². The molecule has 1 saturated heterocycles. The van der Waals surface area contributed by atoms with E-state index in [0.29, 0.717) is 12.8 Å². The van der Waals surface area contributed by atoms with Gasteiger partial charge in [0.2, 0.25) is 5.60 Å². The summed E-state index contributed by atoms with van der Waals surface area (Å²) in [5.41, 5.74) is -2.90. The first-order valence-electron chi connectivity index (χ1n) is 8.55. The third-order valence-corrected chi connectivity index (χ3v) is 5.22. The zero-order valence-electron chi connectivity index (χ0n) is 13.9. The summed E-state index contributed by atoms with van der Waals surface area (Å²) in [5, 5.41) is 20.1. The monoisotopic (exact) mass is 351 g/mol. The number of ether oxygens (including phenoxy) is 1. The van der Waals surface area contributed by atoms with Crippen LogP contribution in [0.15, 0.2) is 24.3 Å². The van der Waals surface area contributed by atoms with Gasteiger partial charge in [-0.1, -0.05) is 12.1 Å². The number of aliphatic hydroxyl groups is 1. The highest BCUT2D eigenvalue weighted by molar-refractivity contribution is 5.86. The van der Waals surface area contributed by atoms with Crippen LogP contribution in [0.5, 0.6) is 5.75 Å². The molecule has 136 valence electrons. The Morgan fingerprint density at radius 2 is 1.68 bits per heavy atom. The van der Waals surface area contributed by atoms with Crippen molar-refractivity contribution in [3.05, 3.63) is 30.1 Å². The van der Waals surface area contributed by atoms with E-state index < -0.39 is 23.0 Å². The summed E-state index contributed by atoms with van der Waals surface area (Å²) in [6.45, 7) is 0.309. The van der Waals surface area contributed by atoms with Crippen molar-refractivity contribution in [3.63, 3.8) is 0 Å². The molecule has 25 heavy (non-hydrogen) atoms. The molecule has 7 heteroatoms. The molecule has 1 heterocycles. The Hall–Kier alpha value is -2.15. The van der Waals surface area contributed by atoms with E-state index in [9.17, 15) is 24.2 Å². The number of piperidine rings is 1. The van der Waals surface area contributed by atoms with Gasteiger partial charge in [0.1, 0.15) is 5.60 Å². The van der Waals surface area contributed by atoms with Gasteiger partial charge in [-0.3, -0.25) is 4.79 Å². The van der Waals surface area contributed by atoms with Crippen molar-refractivity contribution < 1.29 is 28.9 Å². The van der Waals surface area contributed by atoms with Crippen LogP contribution < -0.4 is 4.74 Å². The van der Waals surface area contributed by atoms with Gasteiger partial charge in [0.05, 0.1) is 0 Å². The zero-order valence-corrected chi connectivity index (χ0v) is 13.9. The maximum absolute atomic E-state index is 13.8. The number of nitrogens with zero attached hydrogens (tertiary/aromatic N) is 1. The number of aliphatic carboxylic acids is 1. The average Bonchev–Trinajstić information content (AvgIpc) is 3.05. The Labute approximate surface area is 145 Å². The number of carboxylic acid groups (broad SMARTS) is 1. The van der Waals surface area contributed by atoms with Crippen LogP contribution in [0, 0.1) is 5.82 Å². The average molecular weight is 351 g/mol. The Morgan fingerprint density at radius 3 is 2.24 bits per heavy atom. The fourth-order valence-electron chi connectivity index (χ4n) is 3.64. The molecule has 0 atom stereocenters. The molecule has 0 bridgehead atoms. The molecule has 2 fully saturated rings. The molecule has 1 saturated carbocycles. The van der Waals surface area contributed by atoms with Gasteiger partial charge in [-0.05, 0) is 37.8 Å². The molecule has 6 nitrogen and oxygen atoms in total. The molecule has 2 N–H and O–H groups in total. The maximum Gasteiger partial charge on any atom is 0.348 e. The normalized spacial score (nSPS) is 21.8. The summed E-state index contributed by atoms with van der Waals surface area (Å²) < 4.78 is 19.4. The smallest absolute Gasteiger partial charge is 0.348 e. The SMILES string of the molecule is O=C(N1CCC(Oc2ccccc2F)(C(=O)O)CC1)C1(O)CCCC1. The molecule has 1 amide bonds. The molecule has 2 aliphatic rings. The van der Waals surface area contributed by atoms with Gasteiger partial charge in [-0.2, -0.15) is 0 Å². The van der Waals surface area contributed by atoms with Gasteiger partial charge in [-0.25, -0.2) is 9.18 Å². The van der Waals surface area contributed by atoms with Gasteiger partial charge >= 0.3 is 5.97 Å². The number of hydrogen-bond donors (Lipinski definition) is 2. The molecule has 1 aliphatic heterocycles. The lowest BCUT2D eigenvalue weighted by atomic mass is 9.89. The molecular formula is C18H22FNO5. The lowest BCUT2D eigenvalue weighted by Gasteiger charge is -2.40. The third-order valence-electron chi connectivity index (χ3n) is 5.22. The van der Waals surface area contributed by atoms with Crippen LogP contribution >= 0.6 is 0 Å². The molecule has 0 radical (unpaired) electrons. The maximum atomic E-state index is 13.8. The highest BCUT2D eigenvalue weighted by atomic mass is 19.1. The standard InChI is InChI=1S/C18H22FNO5/c19-13-5-1-2-6-14(13)25-18(16(22)23)9-11-20(12-10-18)15(21)17(24)7-3-4-8-17/h1-2,5-6,24H,3-4,7-12H2,(H,22,23). The summed E-state index contributed by atoms with van der Waals surface area (Å²) in [7, 11) is 0. The Balaban J connectivity index is 1.72. The van der Waals surface area contributed by atoms with Crippen molar-refractivity contribution in [3.8, 4) is 5.75 Å². The summed E-state index contributed by atoms with van der Waals surface area (Å²) in [6.07, 6.45) is 2.59. The number of amides is 1. The van der Waals surface area contributed by atoms with Crippen LogP contribution in [0.25, 0.3) is 0 Å². The van der Waals surface area contributed by atoms with E-state index in [1.807, 2.05) is 0 Å². The van der Waals surface area contributed by atoms with Gasteiger partial charge < -0.3 is 19.8 Å². The number of hydrogen-bond acceptors (Lipinski definition) is 4. The van der Waals surface area contributed by atoms with Gasteiger partial charge in [-0.15, -0.1) is 0 Å². The zero-order chi connectivity index (χ0) is 18.1. The number of para-hydroxylation sites is 1. The number of carbonyl (C=O) groups excluding carboxylic acids is 1. The molecule has 1 aliphatic carbocycles. The van der Waals surface area contributed by atoms with Crippen molar-refractivity contribution in [2.24, 2.45) is 0 Å². The second kappa shape index (κ2) is 6.63. The summed E-state index contributed by atoms with van der Waals surface area (Å²) in [6, 6.07) is 5.67. The van der Waals surface area contributed by atoms with Crippen LogP contribution in [0.4, 0.5) is 4.39 Å². The minimum Gasteiger partial charge on any atom is -0.478 e. The molecular weight excluding hydrogens is 329 g/mol. The fourth-order valence-corrected chi connectivity index (χ4v) is 3.64. The van der Waals surface area contributed by atoms with Crippen molar-refractivity contribution in [2.45, 2.75) is 49.7 Å². The third kappa shape index (κ3) is 3.33. The van der Waals surface area contributed by atoms with E-state index >= 15 is 0 Å². The van der Waals surface area contributed by atoms with Gasteiger partial charge in [0.25, 0.3) is 5.91 Å². The topological polar surface area (TPSA) is 87.1 Å². The predicted molar refractivity (Wildman–Crippen MR) is 86.6 cm³/mol. The van der Waals surface area contributed by atoms with Crippen LogP contribution in [0.3, 0.4) is 0 Å². The van der Waals surface area contributed by atoms with Crippen molar-refractivity contribution >= 4 is 11.9 Å². The summed E-state index contributed by atoms with van der Waals surface area (Å²) in [4.78, 5) is 25.8. The number of benzene rings is 1. The van der Waals surface area contributed by atoms with E-state index in [1.165, 1.54) is 23.1 Å². The summed E-state index contributed by atoms with van der Waals surface area (Å²) >= 11 is 0. The van der Waals surface area contributed by atoms with Crippen LogP contribution in [0.1, 0.15) is 38.5 Å². The van der Waals surface area contributed by atoms with Crippen LogP contribution in [-0.4, -0.2) is 51.3 Å². The number of carbonyl (C=O) groups is 2. The van der Waals surface area contributed by atoms with Crippen LogP contribution in [-0.2, 0) is 9.59 Å². The number of likely N-dealkylation sites (tertiary alicyclic amines) is 1. The van der Waals surface area contributed by atoms with E-state index in [0.717, 1.165) is 12.8 Å². The first kappa shape index (κ1) is 17.7. The Morgan fingerprint density at radius 1 is 1.08 bits per heavy atom. The minimum atomic E-state index is -1.57. The van der Waals surface area contributed by atoms with E-state index in [1.54, 1.807) is 6.07 Å². The molecule has 1 aromatic carbocycles. The first-order chi connectivity index (χ1) is 11.9. The van der Waals surface area contributed by atoms with Crippen LogP contribution in [0.2, 0.25) is 0 Å². The fraction of sp³-hybridized carbons (Fsp3) is 0.556. The number of rotatable bonds is 4. The Kier molecular flexibility index (Phi) is 4.69. The Bertz CT molecular complexity index is 663. The highest BCUT2D eigenvalue weighted by Gasteiger charge is 2.48.